The van der Waals surface area contributed by atoms with Gasteiger partial charge in [0.25, 0.3) is 0 Å². The Morgan fingerprint density at radius 2 is 2.03 bits per heavy atom. The molecule has 1 heterocycles. The first-order valence-electron chi connectivity index (χ1n) is 10.6. The first-order chi connectivity index (χ1) is 14.8. The molecular weight excluding hydrogens is 412 g/mol. The van der Waals surface area contributed by atoms with Gasteiger partial charge in [-0.2, -0.15) is 0 Å². The fourth-order valence-corrected chi connectivity index (χ4v) is 4.54. The Kier molecular flexibility index (Phi) is 7.69. The minimum absolute atomic E-state index is 0.0118. The van der Waals surface area contributed by atoms with Crippen molar-refractivity contribution >= 4 is 16.0 Å². The molecule has 2 aromatic carbocycles. The van der Waals surface area contributed by atoms with Gasteiger partial charge in [0.15, 0.2) is 5.96 Å². The molecule has 0 saturated carbocycles. The van der Waals surface area contributed by atoms with Gasteiger partial charge in [-0.1, -0.05) is 35.9 Å². The maximum absolute atomic E-state index is 12.1. The van der Waals surface area contributed by atoms with Crippen molar-refractivity contribution in [1.29, 1.82) is 0 Å². The quantitative estimate of drug-likeness (QED) is 0.529. The third-order valence-corrected chi connectivity index (χ3v) is 6.77. The first kappa shape index (κ1) is 23.2. The van der Waals surface area contributed by atoms with Crippen LogP contribution in [0, 0.1) is 13.8 Å². The highest BCUT2D eigenvalue weighted by molar-refractivity contribution is 7.89. The molecule has 31 heavy (non-hydrogen) atoms. The van der Waals surface area contributed by atoms with Crippen LogP contribution in [-0.4, -0.2) is 52.6 Å². The van der Waals surface area contributed by atoms with Gasteiger partial charge in [-0.25, -0.2) is 18.1 Å². The number of morpholine rings is 1. The Labute approximate surface area is 185 Å². The van der Waals surface area contributed by atoms with Crippen molar-refractivity contribution in [2.75, 3.05) is 33.3 Å². The molecule has 2 aromatic rings. The van der Waals surface area contributed by atoms with Crippen LogP contribution in [0.1, 0.15) is 35.3 Å². The van der Waals surface area contributed by atoms with Crippen molar-refractivity contribution in [2.45, 2.75) is 38.3 Å². The summed E-state index contributed by atoms with van der Waals surface area (Å²) >= 11 is 0. The second-order valence-corrected chi connectivity index (χ2v) is 9.58. The van der Waals surface area contributed by atoms with E-state index in [4.69, 9.17) is 9.73 Å². The van der Waals surface area contributed by atoms with Crippen molar-refractivity contribution in [3.8, 4) is 0 Å². The molecule has 8 heteroatoms. The zero-order valence-corrected chi connectivity index (χ0v) is 19.5. The molecule has 7 nitrogen and oxygen atoms in total. The number of aryl methyl sites for hydroxylation is 2. The maximum atomic E-state index is 12.1. The summed E-state index contributed by atoms with van der Waals surface area (Å²) in [5.41, 5.74) is 4.52. The summed E-state index contributed by atoms with van der Waals surface area (Å²) in [6, 6.07) is 13.3. The Hall–Kier alpha value is -2.42. The van der Waals surface area contributed by atoms with Crippen molar-refractivity contribution in [3.05, 3.63) is 64.7 Å². The SMILES string of the molecule is CCNC(=NCc1cccc(S(=O)(=O)NC)c1)N1CCOC(c2ccc(C)cc2C)C1. The van der Waals surface area contributed by atoms with Crippen LogP contribution in [0.2, 0.25) is 0 Å². The summed E-state index contributed by atoms with van der Waals surface area (Å²) in [6.45, 7) is 9.48. The lowest BCUT2D eigenvalue weighted by Crippen LogP contribution is -2.48. The molecule has 0 radical (unpaired) electrons. The summed E-state index contributed by atoms with van der Waals surface area (Å²) in [6.07, 6.45) is -0.0118. The summed E-state index contributed by atoms with van der Waals surface area (Å²) in [5, 5.41) is 3.36. The van der Waals surface area contributed by atoms with Gasteiger partial charge in [-0.3, -0.25) is 0 Å². The lowest BCUT2D eigenvalue weighted by Gasteiger charge is -2.36. The summed E-state index contributed by atoms with van der Waals surface area (Å²) < 4.78 is 32.6. The lowest BCUT2D eigenvalue weighted by molar-refractivity contribution is -0.00834. The number of hydrogen-bond acceptors (Lipinski definition) is 4. The number of nitrogens with one attached hydrogen (secondary N) is 2. The van der Waals surface area contributed by atoms with Crippen molar-refractivity contribution < 1.29 is 13.2 Å². The minimum atomic E-state index is -3.48. The number of rotatable bonds is 6. The summed E-state index contributed by atoms with van der Waals surface area (Å²) in [7, 11) is -2.07. The highest BCUT2D eigenvalue weighted by Gasteiger charge is 2.25. The highest BCUT2D eigenvalue weighted by atomic mass is 32.2. The van der Waals surface area contributed by atoms with E-state index in [0.29, 0.717) is 19.7 Å². The Morgan fingerprint density at radius 1 is 1.23 bits per heavy atom. The lowest BCUT2D eigenvalue weighted by atomic mass is 10.00. The Morgan fingerprint density at radius 3 is 2.74 bits per heavy atom. The van der Waals surface area contributed by atoms with Crippen molar-refractivity contribution in [2.24, 2.45) is 4.99 Å². The van der Waals surface area contributed by atoms with Gasteiger partial charge >= 0.3 is 0 Å². The second-order valence-electron chi connectivity index (χ2n) is 7.69. The molecule has 0 aliphatic carbocycles. The molecule has 0 aromatic heterocycles. The van der Waals surface area contributed by atoms with Gasteiger partial charge in [0.05, 0.1) is 24.6 Å². The largest absolute Gasteiger partial charge is 0.370 e. The van der Waals surface area contributed by atoms with Crippen LogP contribution in [0.15, 0.2) is 52.4 Å². The number of aliphatic imine (C=N–C) groups is 1. The zero-order chi connectivity index (χ0) is 22.4. The predicted molar refractivity (Wildman–Crippen MR) is 124 cm³/mol. The average molecular weight is 445 g/mol. The third kappa shape index (κ3) is 5.84. The molecule has 2 N–H and O–H groups in total. The summed E-state index contributed by atoms with van der Waals surface area (Å²) in [4.78, 5) is 7.24. The van der Waals surface area contributed by atoms with Crippen LogP contribution in [0.3, 0.4) is 0 Å². The van der Waals surface area contributed by atoms with Crippen LogP contribution < -0.4 is 10.0 Å². The van der Waals surface area contributed by atoms with Gasteiger partial charge < -0.3 is 15.0 Å². The molecule has 1 atom stereocenters. The van der Waals surface area contributed by atoms with E-state index in [-0.39, 0.29) is 11.0 Å². The predicted octanol–water partition coefficient (Wildman–Crippen LogP) is 2.75. The highest BCUT2D eigenvalue weighted by Crippen LogP contribution is 2.26. The smallest absolute Gasteiger partial charge is 0.240 e. The molecule has 168 valence electrons. The molecular formula is C23H32N4O3S. The molecule has 1 fully saturated rings. The number of benzene rings is 2. The Balaban J connectivity index is 1.78. The monoisotopic (exact) mass is 444 g/mol. The van der Waals surface area contributed by atoms with Gasteiger partial charge in [0.1, 0.15) is 6.10 Å². The van der Waals surface area contributed by atoms with Gasteiger partial charge in [-0.15, -0.1) is 0 Å². The van der Waals surface area contributed by atoms with Crippen LogP contribution in [0.25, 0.3) is 0 Å². The fraction of sp³-hybridized carbons (Fsp3) is 0.435. The number of ether oxygens (including phenoxy) is 1. The zero-order valence-electron chi connectivity index (χ0n) is 18.7. The van der Waals surface area contributed by atoms with Crippen molar-refractivity contribution in [3.63, 3.8) is 0 Å². The fourth-order valence-electron chi connectivity index (χ4n) is 3.74. The third-order valence-electron chi connectivity index (χ3n) is 5.36. The molecule has 1 saturated heterocycles. The molecule has 1 aliphatic heterocycles. The molecule has 0 amide bonds. The maximum Gasteiger partial charge on any atom is 0.240 e. The van der Waals surface area contributed by atoms with E-state index in [2.05, 4.69) is 47.0 Å². The average Bonchev–Trinajstić information content (AvgIpc) is 2.77. The minimum Gasteiger partial charge on any atom is -0.370 e. The first-order valence-corrected chi connectivity index (χ1v) is 12.1. The van der Waals surface area contributed by atoms with Gasteiger partial charge in [0.2, 0.25) is 10.0 Å². The molecule has 1 aliphatic rings. The van der Waals surface area contributed by atoms with E-state index in [1.54, 1.807) is 18.2 Å². The molecule has 3 rings (SSSR count). The molecule has 0 spiro atoms. The van der Waals surface area contributed by atoms with E-state index in [1.165, 1.54) is 23.7 Å². The number of sulfonamides is 1. The van der Waals surface area contributed by atoms with E-state index >= 15 is 0 Å². The normalized spacial score (nSPS) is 17.6. The van der Waals surface area contributed by atoms with E-state index in [1.807, 2.05) is 13.0 Å². The van der Waals surface area contributed by atoms with Gasteiger partial charge in [-0.05, 0) is 56.6 Å². The molecule has 0 bridgehead atoms. The van der Waals surface area contributed by atoms with Crippen LogP contribution in [-0.2, 0) is 21.3 Å². The van der Waals surface area contributed by atoms with Crippen LogP contribution in [0.4, 0.5) is 0 Å². The number of nitrogens with zero attached hydrogens (tertiary/aromatic N) is 2. The van der Waals surface area contributed by atoms with Crippen molar-refractivity contribution in [1.82, 2.24) is 14.9 Å². The van der Waals surface area contributed by atoms with E-state index < -0.39 is 10.0 Å². The topological polar surface area (TPSA) is 83.0 Å². The van der Waals surface area contributed by atoms with Crippen LogP contribution in [0.5, 0.6) is 0 Å². The van der Waals surface area contributed by atoms with Gasteiger partial charge in [0, 0.05) is 13.1 Å². The number of guanidine groups is 1. The Bertz CT molecular complexity index is 1040. The van der Waals surface area contributed by atoms with E-state index in [0.717, 1.165) is 24.6 Å². The standard InChI is InChI=1S/C23H32N4O3S/c1-5-25-23(26-15-19-7-6-8-20(14-19)31(28,29)24-4)27-11-12-30-22(16-27)21-10-9-17(2)13-18(21)3/h6-10,13-14,22,24H,5,11-12,15-16H2,1-4H3,(H,25,26). The number of hydrogen-bond donors (Lipinski definition) is 2. The summed E-state index contributed by atoms with van der Waals surface area (Å²) in [5.74, 6) is 0.808. The molecule has 1 unspecified atom stereocenters. The van der Waals surface area contributed by atoms with E-state index in [9.17, 15) is 8.42 Å². The van der Waals surface area contributed by atoms with Crippen LogP contribution >= 0.6 is 0 Å². The second kappa shape index (κ2) is 10.3.